The first-order valence-electron chi connectivity index (χ1n) is 5.58. The zero-order chi connectivity index (χ0) is 12.0. The van der Waals surface area contributed by atoms with Crippen LogP contribution in [0.5, 0.6) is 0 Å². The standard InChI is InChI=1S/C12H19N3O/c1-4-5-8-15(3)12(16)10-9-14-7-6-11(10)13-2/h6-7,9H,4-5,8H2,1-3H3,(H,13,14). The second-order valence-electron chi connectivity index (χ2n) is 3.75. The molecule has 0 aliphatic carbocycles. The zero-order valence-electron chi connectivity index (χ0n) is 10.2. The lowest BCUT2D eigenvalue weighted by molar-refractivity contribution is 0.0794. The number of rotatable bonds is 5. The van der Waals surface area contributed by atoms with Crippen LogP contribution in [-0.4, -0.2) is 36.4 Å². The molecular formula is C12H19N3O. The Kier molecular flexibility index (Phi) is 4.76. The average molecular weight is 221 g/mol. The molecule has 0 aliphatic heterocycles. The van der Waals surface area contributed by atoms with Gasteiger partial charge in [-0.1, -0.05) is 13.3 Å². The van der Waals surface area contributed by atoms with Crippen molar-refractivity contribution in [2.24, 2.45) is 0 Å². The van der Waals surface area contributed by atoms with Crippen LogP contribution < -0.4 is 5.32 Å². The fourth-order valence-corrected chi connectivity index (χ4v) is 1.49. The summed E-state index contributed by atoms with van der Waals surface area (Å²) in [5.41, 5.74) is 1.45. The van der Waals surface area contributed by atoms with Gasteiger partial charge in [-0.15, -0.1) is 0 Å². The first kappa shape index (κ1) is 12.5. The second kappa shape index (κ2) is 6.10. The van der Waals surface area contributed by atoms with Gasteiger partial charge in [0.25, 0.3) is 5.91 Å². The molecule has 4 nitrogen and oxygen atoms in total. The maximum absolute atomic E-state index is 12.1. The molecule has 0 atom stereocenters. The summed E-state index contributed by atoms with van der Waals surface area (Å²) in [6.07, 6.45) is 5.40. The number of nitrogens with one attached hydrogen (secondary N) is 1. The summed E-state index contributed by atoms with van der Waals surface area (Å²) >= 11 is 0. The van der Waals surface area contributed by atoms with Crippen molar-refractivity contribution in [3.05, 3.63) is 24.0 Å². The van der Waals surface area contributed by atoms with Crippen molar-refractivity contribution in [2.75, 3.05) is 26.0 Å². The van der Waals surface area contributed by atoms with E-state index in [0.717, 1.165) is 25.1 Å². The number of carbonyl (C=O) groups excluding carboxylic acids is 1. The van der Waals surface area contributed by atoms with Gasteiger partial charge in [0.1, 0.15) is 0 Å². The maximum atomic E-state index is 12.1. The van der Waals surface area contributed by atoms with Crippen LogP contribution in [0.25, 0.3) is 0 Å². The molecule has 0 aromatic carbocycles. The van der Waals surface area contributed by atoms with E-state index < -0.39 is 0 Å². The second-order valence-corrected chi connectivity index (χ2v) is 3.75. The molecule has 4 heteroatoms. The van der Waals surface area contributed by atoms with Gasteiger partial charge in [-0.2, -0.15) is 0 Å². The summed E-state index contributed by atoms with van der Waals surface area (Å²) in [4.78, 5) is 17.8. The summed E-state index contributed by atoms with van der Waals surface area (Å²) < 4.78 is 0. The summed E-state index contributed by atoms with van der Waals surface area (Å²) in [5.74, 6) is 0.0194. The Labute approximate surface area is 96.7 Å². The Hall–Kier alpha value is -1.58. The molecule has 1 rings (SSSR count). The monoisotopic (exact) mass is 221 g/mol. The Morgan fingerprint density at radius 3 is 2.94 bits per heavy atom. The highest BCUT2D eigenvalue weighted by Crippen LogP contribution is 2.14. The van der Waals surface area contributed by atoms with Crippen molar-refractivity contribution in [3.63, 3.8) is 0 Å². The van der Waals surface area contributed by atoms with Crippen LogP contribution in [0.3, 0.4) is 0 Å². The molecule has 1 heterocycles. The smallest absolute Gasteiger partial charge is 0.257 e. The van der Waals surface area contributed by atoms with E-state index in [1.807, 2.05) is 7.05 Å². The third kappa shape index (κ3) is 2.95. The molecule has 0 aliphatic rings. The minimum Gasteiger partial charge on any atom is -0.387 e. The Morgan fingerprint density at radius 1 is 1.56 bits per heavy atom. The highest BCUT2D eigenvalue weighted by molar-refractivity contribution is 5.99. The van der Waals surface area contributed by atoms with E-state index in [2.05, 4.69) is 17.2 Å². The third-order valence-electron chi connectivity index (χ3n) is 2.51. The van der Waals surface area contributed by atoms with Gasteiger partial charge in [0.05, 0.1) is 5.56 Å². The molecule has 0 radical (unpaired) electrons. The van der Waals surface area contributed by atoms with Crippen molar-refractivity contribution in [2.45, 2.75) is 19.8 Å². The number of anilines is 1. The van der Waals surface area contributed by atoms with Crippen molar-refractivity contribution in [1.82, 2.24) is 9.88 Å². The van der Waals surface area contributed by atoms with Gasteiger partial charge in [-0.3, -0.25) is 9.78 Å². The molecule has 0 saturated carbocycles. The van der Waals surface area contributed by atoms with Gasteiger partial charge in [0.15, 0.2) is 0 Å². The predicted octanol–water partition coefficient (Wildman–Crippen LogP) is 2.00. The lowest BCUT2D eigenvalue weighted by atomic mass is 10.2. The molecule has 0 spiro atoms. The maximum Gasteiger partial charge on any atom is 0.257 e. The molecule has 1 aromatic rings. The van der Waals surface area contributed by atoms with E-state index in [0.29, 0.717) is 5.56 Å². The fraction of sp³-hybridized carbons (Fsp3) is 0.500. The van der Waals surface area contributed by atoms with E-state index in [9.17, 15) is 4.79 Å². The quantitative estimate of drug-likeness (QED) is 0.827. The number of hydrogen-bond donors (Lipinski definition) is 1. The minimum atomic E-state index is 0.0194. The van der Waals surface area contributed by atoms with Crippen LogP contribution in [0.1, 0.15) is 30.1 Å². The summed E-state index contributed by atoms with van der Waals surface area (Å²) in [6.45, 7) is 2.90. The van der Waals surface area contributed by atoms with Gasteiger partial charge < -0.3 is 10.2 Å². The molecule has 88 valence electrons. The molecule has 1 aromatic heterocycles. The lowest BCUT2D eigenvalue weighted by Gasteiger charge is -2.18. The number of unbranched alkanes of at least 4 members (excludes halogenated alkanes) is 1. The predicted molar refractivity (Wildman–Crippen MR) is 65.7 cm³/mol. The van der Waals surface area contributed by atoms with E-state index in [-0.39, 0.29) is 5.91 Å². The number of pyridine rings is 1. The Morgan fingerprint density at radius 2 is 2.31 bits per heavy atom. The van der Waals surface area contributed by atoms with Gasteiger partial charge >= 0.3 is 0 Å². The molecule has 0 saturated heterocycles. The van der Waals surface area contributed by atoms with Crippen LogP contribution in [0.2, 0.25) is 0 Å². The molecule has 1 amide bonds. The summed E-state index contributed by atoms with van der Waals surface area (Å²) in [6, 6.07) is 1.81. The van der Waals surface area contributed by atoms with E-state index in [4.69, 9.17) is 0 Å². The van der Waals surface area contributed by atoms with Crippen LogP contribution in [0, 0.1) is 0 Å². The summed E-state index contributed by atoms with van der Waals surface area (Å²) in [5, 5.41) is 3.00. The first-order chi connectivity index (χ1) is 7.70. The van der Waals surface area contributed by atoms with Crippen LogP contribution in [0.15, 0.2) is 18.5 Å². The number of amides is 1. The Bertz CT molecular complexity index is 352. The van der Waals surface area contributed by atoms with E-state index in [1.54, 1.807) is 30.4 Å². The van der Waals surface area contributed by atoms with Crippen LogP contribution >= 0.6 is 0 Å². The van der Waals surface area contributed by atoms with Crippen LogP contribution in [0.4, 0.5) is 5.69 Å². The zero-order valence-corrected chi connectivity index (χ0v) is 10.2. The van der Waals surface area contributed by atoms with E-state index >= 15 is 0 Å². The topological polar surface area (TPSA) is 45.2 Å². The SMILES string of the molecule is CCCCN(C)C(=O)c1cnccc1NC. The van der Waals surface area contributed by atoms with E-state index in [1.165, 1.54) is 0 Å². The third-order valence-corrected chi connectivity index (χ3v) is 2.51. The van der Waals surface area contributed by atoms with Gasteiger partial charge in [-0.05, 0) is 12.5 Å². The molecule has 0 bridgehead atoms. The van der Waals surface area contributed by atoms with Crippen molar-refractivity contribution in [1.29, 1.82) is 0 Å². The Balaban J connectivity index is 2.79. The lowest BCUT2D eigenvalue weighted by Crippen LogP contribution is -2.28. The van der Waals surface area contributed by atoms with Gasteiger partial charge in [0.2, 0.25) is 0 Å². The number of carbonyl (C=O) groups is 1. The van der Waals surface area contributed by atoms with Crippen molar-refractivity contribution >= 4 is 11.6 Å². The molecule has 0 fully saturated rings. The highest BCUT2D eigenvalue weighted by Gasteiger charge is 2.14. The minimum absolute atomic E-state index is 0.0194. The molecule has 16 heavy (non-hydrogen) atoms. The number of aromatic nitrogens is 1. The molecule has 1 N–H and O–H groups in total. The van der Waals surface area contributed by atoms with Crippen molar-refractivity contribution < 1.29 is 4.79 Å². The normalized spacial score (nSPS) is 9.94. The highest BCUT2D eigenvalue weighted by atomic mass is 16.2. The summed E-state index contributed by atoms with van der Waals surface area (Å²) in [7, 11) is 3.63. The van der Waals surface area contributed by atoms with Gasteiger partial charge in [-0.25, -0.2) is 0 Å². The molecular weight excluding hydrogens is 202 g/mol. The fourth-order valence-electron chi connectivity index (χ4n) is 1.49. The van der Waals surface area contributed by atoms with Gasteiger partial charge in [0, 0.05) is 38.7 Å². The number of hydrogen-bond acceptors (Lipinski definition) is 3. The first-order valence-corrected chi connectivity index (χ1v) is 5.58. The number of nitrogens with zero attached hydrogens (tertiary/aromatic N) is 2. The average Bonchev–Trinajstić information content (AvgIpc) is 2.34. The largest absolute Gasteiger partial charge is 0.387 e. The van der Waals surface area contributed by atoms with Crippen LogP contribution in [-0.2, 0) is 0 Å². The van der Waals surface area contributed by atoms with Crippen molar-refractivity contribution in [3.8, 4) is 0 Å². The molecule has 0 unspecified atom stereocenters.